The van der Waals surface area contributed by atoms with Crippen molar-refractivity contribution in [3.63, 3.8) is 0 Å². The number of ether oxygens (including phenoxy) is 1. The van der Waals surface area contributed by atoms with Crippen LogP contribution in [0.5, 0.6) is 5.75 Å². The highest BCUT2D eigenvalue weighted by atomic mass is 32.2. The summed E-state index contributed by atoms with van der Waals surface area (Å²) >= 11 is 1.24. The van der Waals surface area contributed by atoms with Crippen LogP contribution in [0.15, 0.2) is 39.9 Å². The summed E-state index contributed by atoms with van der Waals surface area (Å²) in [5.41, 5.74) is 2.42. The van der Waals surface area contributed by atoms with Crippen LogP contribution in [-0.4, -0.2) is 49.8 Å². The van der Waals surface area contributed by atoms with Gasteiger partial charge in [-0.2, -0.15) is 4.31 Å². The summed E-state index contributed by atoms with van der Waals surface area (Å²) in [6.07, 6.45) is 2.00. The van der Waals surface area contributed by atoms with Gasteiger partial charge < -0.3 is 9.64 Å². The fourth-order valence-electron chi connectivity index (χ4n) is 4.12. The third kappa shape index (κ3) is 4.20. The molecule has 4 rings (SSSR count). The van der Waals surface area contributed by atoms with Gasteiger partial charge in [0.15, 0.2) is 0 Å². The van der Waals surface area contributed by atoms with Gasteiger partial charge in [-0.05, 0) is 60.9 Å². The normalized spacial score (nSPS) is 18.4. The predicted octanol–water partition coefficient (Wildman–Crippen LogP) is 3.13. The number of carbonyl (C=O) groups excluding carboxylic acids is 1. The standard InChI is InChI=1S/C21H26N2O4S2/c1-2-27-19-6-5-16-7-10-22(15-18(16)14-19)21(24)17-8-11-23(12-9-17)29(25,26)20-4-3-13-28-20/h3-6,13-14,17H,2,7-12,15H2,1H3. The van der Waals surface area contributed by atoms with E-state index < -0.39 is 10.0 Å². The van der Waals surface area contributed by atoms with Crippen LogP contribution in [0.1, 0.15) is 30.9 Å². The summed E-state index contributed by atoms with van der Waals surface area (Å²) in [4.78, 5) is 15.0. The Morgan fingerprint density at radius 2 is 1.97 bits per heavy atom. The molecular weight excluding hydrogens is 408 g/mol. The van der Waals surface area contributed by atoms with Gasteiger partial charge in [-0.3, -0.25) is 4.79 Å². The highest BCUT2D eigenvalue weighted by molar-refractivity contribution is 7.91. The Hall–Kier alpha value is -1.90. The van der Waals surface area contributed by atoms with E-state index in [1.165, 1.54) is 21.2 Å². The molecule has 0 saturated carbocycles. The molecule has 156 valence electrons. The molecule has 1 aromatic heterocycles. The predicted molar refractivity (Wildman–Crippen MR) is 113 cm³/mol. The fourth-order valence-corrected chi connectivity index (χ4v) is 6.73. The van der Waals surface area contributed by atoms with Crippen molar-refractivity contribution in [2.75, 3.05) is 26.2 Å². The molecule has 1 fully saturated rings. The van der Waals surface area contributed by atoms with E-state index in [1.807, 2.05) is 24.0 Å². The maximum Gasteiger partial charge on any atom is 0.252 e. The molecule has 29 heavy (non-hydrogen) atoms. The molecule has 6 nitrogen and oxygen atoms in total. The Morgan fingerprint density at radius 1 is 1.17 bits per heavy atom. The van der Waals surface area contributed by atoms with E-state index in [1.54, 1.807) is 17.5 Å². The lowest BCUT2D eigenvalue weighted by atomic mass is 9.93. The van der Waals surface area contributed by atoms with Crippen molar-refractivity contribution >= 4 is 27.3 Å². The number of piperidine rings is 1. The third-order valence-electron chi connectivity index (χ3n) is 5.71. The zero-order valence-electron chi connectivity index (χ0n) is 16.5. The van der Waals surface area contributed by atoms with E-state index in [4.69, 9.17) is 4.74 Å². The molecule has 1 aromatic carbocycles. The molecule has 0 spiro atoms. The summed E-state index contributed by atoms with van der Waals surface area (Å²) in [6, 6.07) is 9.51. The summed E-state index contributed by atoms with van der Waals surface area (Å²) in [5.74, 6) is 0.875. The first-order valence-corrected chi connectivity index (χ1v) is 12.4. The van der Waals surface area contributed by atoms with Crippen LogP contribution in [-0.2, 0) is 27.8 Å². The Morgan fingerprint density at radius 3 is 2.66 bits per heavy atom. The zero-order chi connectivity index (χ0) is 20.4. The largest absolute Gasteiger partial charge is 0.494 e. The van der Waals surface area contributed by atoms with Crippen molar-refractivity contribution in [3.8, 4) is 5.75 Å². The average molecular weight is 435 g/mol. The SMILES string of the molecule is CCOc1ccc2c(c1)CN(C(=O)C1CCN(S(=O)(=O)c3cccs3)CC1)CC2. The van der Waals surface area contributed by atoms with Gasteiger partial charge in [0, 0.05) is 32.1 Å². The number of thiophene rings is 1. The Labute approximate surface area is 176 Å². The molecule has 1 saturated heterocycles. The summed E-state index contributed by atoms with van der Waals surface area (Å²) in [5, 5.41) is 1.77. The molecule has 2 aliphatic heterocycles. The van der Waals surface area contributed by atoms with Gasteiger partial charge in [0.2, 0.25) is 5.91 Å². The highest BCUT2D eigenvalue weighted by Crippen LogP contribution is 2.29. The number of sulfonamides is 1. The summed E-state index contributed by atoms with van der Waals surface area (Å²) < 4.78 is 32.8. The number of hydrogen-bond acceptors (Lipinski definition) is 5. The van der Waals surface area contributed by atoms with Crippen molar-refractivity contribution in [2.24, 2.45) is 5.92 Å². The van der Waals surface area contributed by atoms with Crippen molar-refractivity contribution in [2.45, 2.75) is 36.9 Å². The average Bonchev–Trinajstić information content (AvgIpc) is 3.29. The molecule has 2 aromatic rings. The van der Waals surface area contributed by atoms with Crippen molar-refractivity contribution in [1.82, 2.24) is 9.21 Å². The number of amides is 1. The number of nitrogens with zero attached hydrogens (tertiary/aromatic N) is 2. The Bertz CT molecular complexity index is 965. The molecular formula is C21H26N2O4S2. The number of hydrogen-bond donors (Lipinski definition) is 0. The number of benzene rings is 1. The van der Waals surface area contributed by atoms with E-state index in [0.717, 1.165) is 17.7 Å². The minimum absolute atomic E-state index is 0.110. The maximum absolute atomic E-state index is 13.1. The third-order valence-corrected chi connectivity index (χ3v) is 8.98. The van der Waals surface area contributed by atoms with E-state index in [0.29, 0.717) is 49.8 Å². The fraction of sp³-hybridized carbons (Fsp3) is 0.476. The minimum atomic E-state index is -3.43. The van der Waals surface area contributed by atoms with Gasteiger partial charge in [0.1, 0.15) is 9.96 Å². The molecule has 0 atom stereocenters. The van der Waals surface area contributed by atoms with Crippen LogP contribution in [0.2, 0.25) is 0 Å². The van der Waals surface area contributed by atoms with Crippen LogP contribution in [0.25, 0.3) is 0 Å². The molecule has 0 bridgehead atoms. The number of carbonyl (C=O) groups is 1. The highest BCUT2D eigenvalue weighted by Gasteiger charge is 2.35. The molecule has 3 heterocycles. The lowest BCUT2D eigenvalue weighted by Crippen LogP contribution is -2.45. The minimum Gasteiger partial charge on any atom is -0.494 e. The second kappa shape index (κ2) is 8.45. The van der Waals surface area contributed by atoms with Crippen LogP contribution in [0.4, 0.5) is 0 Å². The topological polar surface area (TPSA) is 66.9 Å². The van der Waals surface area contributed by atoms with E-state index in [-0.39, 0.29) is 11.8 Å². The van der Waals surface area contributed by atoms with Crippen molar-refractivity contribution in [1.29, 1.82) is 0 Å². The van der Waals surface area contributed by atoms with Crippen LogP contribution in [0, 0.1) is 5.92 Å². The van der Waals surface area contributed by atoms with Gasteiger partial charge >= 0.3 is 0 Å². The molecule has 1 amide bonds. The lowest BCUT2D eigenvalue weighted by molar-refractivity contribution is -0.137. The van der Waals surface area contributed by atoms with Gasteiger partial charge in [-0.15, -0.1) is 11.3 Å². The molecule has 0 radical (unpaired) electrons. The van der Waals surface area contributed by atoms with Crippen LogP contribution < -0.4 is 4.74 Å². The second-order valence-electron chi connectivity index (χ2n) is 7.48. The van der Waals surface area contributed by atoms with Crippen molar-refractivity contribution in [3.05, 3.63) is 46.8 Å². The molecule has 0 aliphatic carbocycles. The molecule has 0 unspecified atom stereocenters. The summed E-state index contributed by atoms with van der Waals surface area (Å²) in [7, 11) is -3.43. The first-order valence-electron chi connectivity index (χ1n) is 10.1. The molecule has 8 heteroatoms. The van der Waals surface area contributed by atoms with Gasteiger partial charge in [0.25, 0.3) is 10.0 Å². The maximum atomic E-state index is 13.1. The second-order valence-corrected chi connectivity index (χ2v) is 10.6. The number of rotatable bonds is 5. The molecule has 2 aliphatic rings. The first-order chi connectivity index (χ1) is 14.0. The van der Waals surface area contributed by atoms with Gasteiger partial charge in [0.05, 0.1) is 6.61 Å². The van der Waals surface area contributed by atoms with Crippen LogP contribution in [0.3, 0.4) is 0 Å². The van der Waals surface area contributed by atoms with Gasteiger partial charge in [-0.25, -0.2) is 8.42 Å². The smallest absolute Gasteiger partial charge is 0.252 e. The monoisotopic (exact) mass is 434 g/mol. The van der Waals surface area contributed by atoms with E-state index in [2.05, 4.69) is 6.07 Å². The Balaban J connectivity index is 1.38. The lowest BCUT2D eigenvalue weighted by Gasteiger charge is -2.35. The number of fused-ring (bicyclic) bond motifs is 1. The Kier molecular flexibility index (Phi) is 5.94. The zero-order valence-corrected chi connectivity index (χ0v) is 18.2. The van der Waals surface area contributed by atoms with E-state index >= 15 is 0 Å². The van der Waals surface area contributed by atoms with Crippen LogP contribution >= 0.6 is 11.3 Å². The molecule has 0 N–H and O–H groups in total. The summed E-state index contributed by atoms with van der Waals surface area (Å²) in [6.45, 7) is 4.69. The van der Waals surface area contributed by atoms with E-state index in [9.17, 15) is 13.2 Å². The quantitative estimate of drug-likeness (QED) is 0.725. The van der Waals surface area contributed by atoms with Gasteiger partial charge in [-0.1, -0.05) is 12.1 Å². The first kappa shape index (κ1) is 20.4. The van der Waals surface area contributed by atoms with Crippen molar-refractivity contribution < 1.29 is 17.9 Å².